The molecule has 3 N–H and O–H groups in total. The van der Waals surface area contributed by atoms with E-state index in [1.165, 1.54) is 5.56 Å². The molecule has 0 aromatic carbocycles. The van der Waals surface area contributed by atoms with E-state index in [4.69, 9.17) is 22.1 Å². The van der Waals surface area contributed by atoms with Crippen LogP contribution in [-0.2, 0) is 17.6 Å². The molecule has 2 heterocycles. The fourth-order valence-corrected chi connectivity index (χ4v) is 4.10. The summed E-state index contributed by atoms with van der Waals surface area (Å²) in [5, 5.41) is 3.92. The van der Waals surface area contributed by atoms with E-state index < -0.39 is 5.60 Å². The number of aromatic nitrogens is 1. The van der Waals surface area contributed by atoms with Gasteiger partial charge in [0.2, 0.25) is 0 Å². The number of anilines is 2. The highest BCUT2D eigenvalue weighted by atomic mass is 35.5. The number of nitrogens with zero attached hydrogens (tertiary/aromatic N) is 2. The maximum Gasteiger partial charge on any atom is 0.410 e. The van der Waals surface area contributed by atoms with Crippen molar-refractivity contribution in [3.05, 3.63) is 16.4 Å². The molecule has 1 aliphatic heterocycles. The van der Waals surface area contributed by atoms with Gasteiger partial charge in [-0.05, 0) is 70.8 Å². The summed E-state index contributed by atoms with van der Waals surface area (Å²) in [4.78, 5) is 18.4. The van der Waals surface area contributed by atoms with Gasteiger partial charge in [0.1, 0.15) is 5.60 Å². The molecule has 3 rings (SSSR count). The molecular weight excluding hydrogens is 364 g/mol. The minimum atomic E-state index is -0.441. The van der Waals surface area contributed by atoms with E-state index in [0.717, 1.165) is 69.5 Å². The average molecular weight is 395 g/mol. The number of hydrogen-bond donors (Lipinski definition) is 2. The lowest BCUT2D eigenvalue weighted by molar-refractivity contribution is 0.0182. The van der Waals surface area contributed by atoms with Crippen LogP contribution < -0.4 is 11.1 Å². The highest BCUT2D eigenvalue weighted by molar-refractivity contribution is 6.32. The number of halogens is 1. The minimum absolute atomic E-state index is 0.200. The van der Waals surface area contributed by atoms with Crippen LogP contribution >= 0.6 is 11.6 Å². The van der Waals surface area contributed by atoms with Crippen molar-refractivity contribution in [2.45, 2.75) is 64.9 Å². The summed E-state index contributed by atoms with van der Waals surface area (Å²) in [6.45, 7) is 8.08. The number of likely N-dealkylation sites (tertiary alicyclic amines) is 1. The Morgan fingerprint density at radius 1 is 1.33 bits per heavy atom. The van der Waals surface area contributed by atoms with Gasteiger partial charge in [-0.3, -0.25) is 0 Å². The third kappa shape index (κ3) is 4.98. The summed E-state index contributed by atoms with van der Waals surface area (Å²) in [6, 6.07) is 0. The average Bonchev–Trinajstić information content (AvgIpc) is 3.05. The second kappa shape index (κ2) is 8.13. The summed E-state index contributed by atoms with van der Waals surface area (Å²) in [5.41, 5.74) is 9.59. The number of nitrogen functional groups attached to an aromatic ring is 1. The molecule has 1 aromatic heterocycles. The Hall–Kier alpha value is -1.69. The molecule has 0 spiro atoms. The van der Waals surface area contributed by atoms with Crippen LogP contribution in [0.2, 0.25) is 5.15 Å². The third-order valence-corrected chi connectivity index (χ3v) is 5.62. The fourth-order valence-electron chi connectivity index (χ4n) is 3.90. The first kappa shape index (κ1) is 20.1. The Morgan fingerprint density at radius 2 is 2.04 bits per heavy atom. The topological polar surface area (TPSA) is 80.5 Å². The predicted octanol–water partition coefficient (Wildman–Crippen LogP) is 4.26. The highest BCUT2D eigenvalue weighted by Gasteiger charge is 2.27. The number of amides is 1. The van der Waals surface area contributed by atoms with Gasteiger partial charge in [0.05, 0.1) is 11.4 Å². The fraction of sp³-hybridized carbons (Fsp3) is 0.700. The van der Waals surface area contributed by atoms with E-state index in [0.29, 0.717) is 16.8 Å². The number of carbonyl (C=O) groups excluding carboxylic acids is 1. The lowest BCUT2D eigenvalue weighted by Crippen LogP contribution is -2.41. The summed E-state index contributed by atoms with van der Waals surface area (Å²) in [7, 11) is 0. The number of nitrogens with two attached hydrogens (primary N) is 1. The van der Waals surface area contributed by atoms with Crippen molar-refractivity contribution in [2.75, 3.05) is 30.7 Å². The van der Waals surface area contributed by atoms with Gasteiger partial charge >= 0.3 is 6.09 Å². The molecule has 0 unspecified atom stereocenters. The minimum Gasteiger partial charge on any atom is -0.444 e. The summed E-state index contributed by atoms with van der Waals surface area (Å²) < 4.78 is 5.46. The summed E-state index contributed by atoms with van der Waals surface area (Å²) in [6.07, 6.45) is 5.97. The van der Waals surface area contributed by atoms with Gasteiger partial charge in [-0.1, -0.05) is 11.6 Å². The zero-order valence-corrected chi connectivity index (χ0v) is 17.4. The molecule has 7 heteroatoms. The number of pyridine rings is 1. The second-order valence-corrected chi connectivity index (χ2v) is 8.95. The van der Waals surface area contributed by atoms with Crippen LogP contribution in [0, 0.1) is 5.92 Å². The van der Waals surface area contributed by atoms with Gasteiger partial charge in [-0.2, -0.15) is 0 Å². The first-order valence-corrected chi connectivity index (χ1v) is 10.3. The molecule has 0 radical (unpaired) electrons. The monoisotopic (exact) mass is 394 g/mol. The molecule has 1 aromatic rings. The van der Waals surface area contributed by atoms with Gasteiger partial charge in [-0.15, -0.1) is 0 Å². The molecular formula is C20H31ClN4O2. The van der Waals surface area contributed by atoms with E-state index in [9.17, 15) is 4.79 Å². The lowest BCUT2D eigenvalue weighted by Gasteiger charge is -2.33. The molecule has 150 valence electrons. The van der Waals surface area contributed by atoms with Crippen molar-refractivity contribution < 1.29 is 9.53 Å². The number of aryl methyl sites for hydroxylation is 1. The molecule has 0 saturated carbocycles. The highest BCUT2D eigenvalue weighted by Crippen LogP contribution is 2.36. The number of carbonyl (C=O) groups is 1. The maximum absolute atomic E-state index is 12.2. The Balaban J connectivity index is 1.47. The van der Waals surface area contributed by atoms with Gasteiger partial charge in [0, 0.05) is 25.3 Å². The maximum atomic E-state index is 12.2. The van der Waals surface area contributed by atoms with Gasteiger partial charge < -0.3 is 20.7 Å². The largest absolute Gasteiger partial charge is 0.444 e. The third-order valence-electron chi connectivity index (χ3n) is 5.34. The van der Waals surface area contributed by atoms with E-state index in [1.54, 1.807) is 0 Å². The Bertz CT molecular complexity index is 694. The van der Waals surface area contributed by atoms with Crippen LogP contribution in [0.1, 0.15) is 57.7 Å². The molecule has 1 fully saturated rings. The molecule has 27 heavy (non-hydrogen) atoms. The van der Waals surface area contributed by atoms with E-state index in [2.05, 4.69) is 10.3 Å². The second-order valence-electron chi connectivity index (χ2n) is 8.60. The number of nitrogens with one attached hydrogen (secondary N) is 1. The number of piperidine rings is 1. The van der Waals surface area contributed by atoms with Crippen molar-refractivity contribution in [2.24, 2.45) is 5.92 Å². The van der Waals surface area contributed by atoms with Gasteiger partial charge in [0.25, 0.3) is 0 Å². The standard InChI is InChI=1S/C20H31ClN4O2/c1-20(2,3)27-19(26)25-11-8-13(9-12-25)7-10-23-17-14-5-4-6-15(14)24-18(21)16(17)22/h13H,4-12,22H2,1-3H3,(H,23,24). The normalized spacial score (nSPS) is 17.7. The number of fused-ring (bicyclic) bond motifs is 1. The molecule has 0 atom stereocenters. The van der Waals surface area contributed by atoms with Crippen molar-refractivity contribution >= 4 is 29.1 Å². The molecule has 2 aliphatic rings. The zero-order chi connectivity index (χ0) is 19.6. The lowest BCUT2D eigenvalue weighted by atomic mass is 9.93. The molecule has 6 nitrogen and oxygen atoms in total. The summed E-state index contributed by atoms with van der Waals surface area (Å²) in [5.74, 6) is 0.600. The predicted molar refractivity (Wildman–Crippen MR) is 109 cm³/mol. The molecule has 1 aliphatic carbocycles. The van der Waals surface area contributed by atoms with Crippen LogP contribution in [0.3, 0.4) is 0 Å². The number of hydrogen-bond acceptors (Lipinski definition) is 5. The number of ether oxygens (including phenoxy) is 1. The van der Waals surface area contributed by atoms with Gasteiger partial charge in [0.15, 0.2) is 5.15 Å². The van der Waals surface area contributed by atoms with Crippen LogP contribution in [-0.4, -0.2) is 41.2 Å². The van der Waals surface area contributed by atoms with E-state index in [1.807, 2.05) is 25.7 Å². The molecule has 0 bridgehead atoms. The first-order chi connectivity index (χ1) is 12.7. The Morgan fingerprint density at radius 3 is 2.70 bits per heavy atom. The Kier molecular flexibility index (Phi) is 6.04. The van der Waals surface area contributed by atoms with Crippen molar-refractivity contribution in [3.8, 4) is 0 Å². The molecule has 1 amide bonds. The van der Waals surface area contributed by atoms with E-state index >= 15 is 0 Å². The quantitative estimate of drug-likeness (QED) is 0.746. The van der Waals surface area contributed by atoms with Crippen LogP contribution in [0.5, 0.6) is 0 Å². The van der Waals surface area contributed by atoms with E-state index in [-0.39, 0.29) is 6.09 Å². The zero-order valence-electron chi connectivity index (χ0n) is 16.6. The van der Waals surface area contributed by atoms with Crippen LogP contribution in [0.4, 0.5) is 16.2 Å². The first-order valence-electron chi connectivity index (χ1n) is 9.93. The van der Waals surface area contributed by atoms with Crippen molar-refractivity contribution in [1.82, 2.24) is 9.88 Å². The van der Waals surface area contributed by atoms with Crippen molar-refractivity contribution in [3.63, 3.8) is 0 Å². The SMILES string of the molecule is CC(C)(C)OC(=O)N1CCC(CCNc2c(N)c(Cl)nc3c2CCC3)CC1. The van der Waals surface area contributed by atoms with Crippen LogP contribution in [0.25, 0.3) is 0 Å². The van der Waals surface area contributed by atoms with Crippen LogP contribution in [0.15, 0.2) is 0 Å². The van der Waals surface area contributed by atoms with Gasteiger partial charge in [-0.25, -0.2) is 9.78 Å². The van der Waals surface area contributed by atoms with Crippen molar-refractivity contribution in [1.29, 1.82) is 0 Å². The Labute approximate surface area is 166 Å². The molecule has 1 saturated heterocycles. The number of rotatable bonds is 4. The summed E-state index contributed by atoms with van der Waals surface area (Å²) >= 11 is 6.19. The smallest absolute Gasteiger partial charge is 0.410 e.